The maximum atomic E-state index is 11.9. The summed E-state index contributed by atoms with van der Waals surface area (Å²) < 4.78 is 22.6. The van der Waals surface area contributed by atoms with Crippen LogP contribution in [0, 0.1) is 0 Å². The van der Waals surface area contributed by atoms with Gasteiger partial charge in [0.15, 0.2) is 0 Å². The molecular formula is C16H19N3O4S. The Bertz CT molecular complexity index is 794. The summed E-state index contributed by atoms with van der Waals surface area (Å²) in [5, 5.41) is 20.4. The molecule has 0 spiro atoms. The van der Waals surface area contributed by atoms with Crippen molar-refractivity contribution in [2.45, 2.75) is 11.0 Å². The minimum absolute atomic E-state index is 0.0243. The van der Waals surface area contributed by atoms with Gasteiger partial charge in [0.05, 0.1) is 17.5 Å². The summed E-state index contributed by atoms with van der Waals surface area (Å²) in [5.74, 6) is -0.359. The zero-order chi connectivity index (χ0) is 17.6. The van der Waals surface area contributed by atoms with Gasteiger partial charge in [-0.15, -0.1) is 0 Å². The summed E-state index contributed by atoms with van der Waals surface area (Å²) >= 11 is 0. The van der Waals surface area contributed by atoms with Gasteiger partial charge in [0, 0.05) is 12.2 Å². The van der Waals surface area contributed by atoms with Crippen LogP contribution in [0.3, 0.4) is 0 Å². The van der Waals surface area contributed by atoms with Gasteiger partial charge < -0.3 is 15.7 Å². The first-order chi connectivity index (χ1) is 11.4. The molecule has 1 unspecified atom stereocenters. The molecule has 1 amide bonds. The molecule has 128 valence electrons. The lowest BCUT2D eigenvalue weighted by Crippen LogP contribution is -2.31. The summed E-state index contributed by atoms with van der Waals surface area (Å²) in [4.78, 5) is 11.8. The SMILES string of the molecule is NS(=O)(=O)c1cccc(NC(=O)CNCC(O)c2ccccc2)c1. The molecule has 0 aliphatic carbocycles. The van der Waals surface area contributed by atoms with Crippen molar-refractivity contribution in [3.8, 4) is 0 Å². The highest BCUT2D eigenvalue weighted by Crippen LogP contribution is 2.14. The van der Waals surface area contributed by atoms with Crippen LogP contribution in [0.4, 0.5) is 5.69 Å². The van der Waals surface area contributed by atoms with Crippen molar-refractivity contribution >= 4 is 21.6 Å². The van der Waals surface area contributed by atoms with Crippen molar-refractivity contribution in [1.29, 1.82) is 0 Å². The molecule has 0 radical (unpaired) electrons. The fraction of sp³-hybridized carbons (Fsp3) is 0.188. The minimum Gasteiger partial charge on any atom is -0.387 e. The van der Waals surface area contributed by atoms with Gasteiger partial charge in [-0.1, -0.05) is 36.4 Å². The van der Waals surface area contributed by atoms with Crippen molar-refractivity contribution in [1.82, 2.24) is 5.32 Å². The second-order valence-electron chi connectivity index (χ2n) is 5.18. The minimum atomic E-state index is -3.82. The Kier molecular flexibility index (Phi) is 6.04. The van der Waals surface area contributed by atoms with Gasteiger partial charge in [-0.25, -0.2) is 13.6 Å². The van der Waals surface area contributed by atoms with Gasteiger partial charge in [-0.3, -0.25) is 4.79 Å². The van der Waals surface area contributed by atoms with Gasteiger partial charge in [-0.05, 0) is 23.8 Å². The Hall–Kier alpha value is -2.26. The van der Waals surface area contributed by atoms with E-state index in [2.05, 4.69) is 10.6 Å². The Morgan fingerprint density at radius 3 is 2.50 bits per heavy atom. The number of amides is 1. The van der Waals surface area contributed by atoms with E-state index in [1.165, 1.54) is 18.2 Å². The van der Waals surface area contributed by atoms with Crippen LogP contribution in [-0.4, -0.2) is 32.5 Å². The fourth-order valence-electron chi connectivity index (χ4n) is 2.07. The molecule has 2 aromatic rings. The Morgan fingerprint density at radius 2 is 1.83 bits per heavy atom. The smallest absolute Gasteiger partial charge is 0.238 e. The molecule has 24 heavy (non-hydrogen) atoms. The van der Waals surface area contributed by atoms with E-state index in [0.717, 1.165) is 5.56 Å². The van der Waals surface area contributed by atoms with Crippen LogP contribution in [0.1, 0.15) is 11.7 Å². The molecule has 2 rings (SSSR count). The summed E-state index contributed by atoms with van der Waals surface area (Å²) in [6.45, 7) is 0.193. The second-order valence-corrected chi connectivity index (χ2v) is 6.74. The number of anilines is 1. The zero-order valence-electron chi connectivity index (χ0n) is 12.8. The van der Waals surface area contributed by atoms with Gasteiger partial charge in [0.2, 0.25) is 15.9 Å². The molecule has 0 aliphatic heterocycles. The van der Waals surface area contributed by atoms with E-state index in [1.807, 2.05) is 18.2 Å². The van der Waals surface area contributed by atoms with Gasteiger partial charge in [0.25, 0.3) is 0 Å². The van der Waals surface area contributed by atoms with Crippen LogP contribution in [-0.2, 0) is 14.8 Å². The molecule has 0 bridgehead atoms. The lowest BCUT2D eigenvalue weighted by atomic mass is 10.1. The number of carbonyl (C=O) groups is 1. The van der Waals surface area contributed by atoms with Crippen LogP contribution >= 0.6 is 0 Å². The number of hydrogen-bond acceptors (Lipinski definition) is 5. The Morgan fingerprint density at radius 1 is 1.12 bits per heavy atom. The molecule has 2 aromatic carbocycles. The number of nitrogens with one attached hydrogen (secondary N) is 2. The predicted octanol–water partition coefficient (Wildman–Crippen LogP) is 0.596. The number of aliphatic hydroxyl groups is 1. The zero-order valence-corrected chi connectivity index (χ0v) is 13.7. The lowest BCUT2D eigenvalue weighted by Gasteiger charge is -2.12. The van der Waals surface area contributed by atoms with Crippen LogP contribution in [0.25, 0.3) is 0 Å². The number of sulfonamides is 1. The van der Waals surface area contributed by atoms with E-state index in [0.29, 0.717) is 5.69 Å². The quantitative estimate of drug-likeness (QED) is 0.583. The molecule has 0 aliphatic rings. The topological polar surface area (TPSA) is 122 Å². The Balaban J connectivity index is 1.84. The number of benzene rings is 2. The van der Waals surface area contributed by atoms with E-state index in [1.54, 1.807) is 18.2 Å². The summed E-state index contributed by atoms with van der Waals surface area (Å²) in [6, 6.07) is 14.8. The van der Waals surface area contributed by atoms with E-state index in [4.69, 9.17) is 5.14 Å². The van der Waals surface area contributed by atoms with E-state index in [9.17, 15) is 18.3 Å². The van der Waals surface area contributed by atoms with Crippen LogP contribution in [0.2, 0.25) is 0 Å². The fourth-order valence-corrected chi connectivity index (χ4v) is 2.63. The van der Waals surface area contributed by atoms with Crippen molar-refractivity contribution in [2.24, 2.45) is 5.14 Å². The molecule has 0 fully saturated rings. The normalized spacial score (nSPS) is 12.6. The number of nitrogens with two attached hydrogens (primary N) is 1. The highest BCUT2D eigenvalue weighted by Gasteiger charge is 2.10. The first-order valence-corrected chi connectivity index (χ1v) is 8.77. The number of rotatable bonds is 7. The van der Waals surface area contributed by atoms with Crippen molar-refractivity contribution in [3.05, 3.63) is 60.2 Å². The molecule has 8 heteroatoms. The number of aliphatic hydroxyl groups excluding tert-OH is 1. The summed E-state index contributed by atoms with van der Waals surface area (Å²) in [6.07, 6.45) is -0.718. The lowest BCUT2D eigenvalue weighted by molar-refractivity contribution is -0.115. The predicted molar refractivity (Wildman–Crippen MR) is 90.7 cm³/mol. The third kappa shape index (κ3) is 5.43. The van der Waals surface area contributed by atoms with Crippen LogP contribution in [0.15, 0.2) is 59.5 Å². The molecular weight excluding hydrogens is 330 g/mol. The standard InChI is InChI=1S/C16H19N3O4S/c17-24(22,23)14-8-4-7-13(9-14)19-16(21)11-18-10-15(20)12-5-2-1-3-6-12/h1-9,15,18,20H,10-11H2,(H,19,21)(H2,17,22,23). The molecule has 0 saturated carbocycles. The molecule has 0 aromatic heterocycles. The summed E-state index contributed by atoms with van der Waals surface area (Å²) in [5.41, 5.74) is 1.09. The van der Waals surface area contributed by atoms with Gasteiger partial charge in [0.1, 0.15) is 0 Å². The van der Waals surface area contributed by atoms with Crippen molar-refractivity contribution in [2.75, 3.05) is 18.4 Å². The average molecular weight is 349 g/mol. The van der Waals surface area contributed by atoms with Crippen molar-refractivity contribution in [3.63, 3.8) is 0 Å². The summed E-state index contributed by atoms with van der Waals surface area (Å²) in [7, 11) is -3.82. The van der Waals surface area contributed by atoms with Gasteiger partial charge in [-0.2, -0.15) is 0 Å². The van der Waals surface area contributed by atoms with Gasteiger partial charge >= 0.3 is 0 Å². The third-order valence-corrected chi connectivity index (χ3v) is 4.16. The maximum Gasteiger partial charge on any atom is 0.238 e. The highest BCUT2D eigenvalue weighted by molar-refractivity contribution is 7.89. The largest absolute Gasteiger partial charge is 0.387 e. The van der Waals surface area contributed by atoms with E-state index in [-0.39, 0.29) is 23.9 Å². The maximum absolute atomic E-state index is 11.9. The average Bonchev–Trinajstić information content (AvgIpc) is 2.55. The molecule has 7 nitrogen and oxygen atoms in total. The molecule has 0 saturated heterocycles. The second kappa shape index (κ2) is 8.02. The first-order valence-electron chi connectivity index (χ1n) is 7.23. The molecule has 5 N–H and O–H groups in total. The van der Waals surface area contributed by atoms with Crippen molar-refractivity contribution < 1.29 is 18.3 Å². The number of hydrogen-bond donors (Lipinski definition) is 4. The molecule has 0 heterocycles. The monoisotopic (exact) mass is 349 g/mol. The molecule has 1 atom stereocenters. The van der Waals surface area contributed by atoms with E-state index >= 15 is 0 Å². The van der Waals surface area contributed by atoms with E-state index < -0.39 is 16.1 Å². The Labute approximate surface area is 140 Å². The third-order valence-electron chi connectivity index (χ3n) is 3.25. The first kappa shape index (κ1) is 18.1. The number of primary sulfonamides is 1. The van der Waals surface area contributed by atoms with Crippen LogP contribution in [0.5, 0.6) is 0 Å². The number of carbonyl (C=O) groups excluding carboxylic acids is 1. The van der Waals surface area contributed by atoms with Crippen LogP contribution < -0.4 is 15.8 Å². The highest BCUT2D eigenvalue weighted by atomic mass is 32.2.